The van der Waals surface area contributed by atoms with E-state index in [0.717, 1.165) is 31.4 Å². The number of carbonyl (C=O) groups excluding carboxylic acids is 2. The molecule has 1 saturated carbocycles. The predicted octanol–water partition coefficient (Wildman–Crippen LogP) is 2.31. The third-order valence-electron chi connectivity index (χ3n) is 6.60. The van der Waals surface area contributed by atoms with Gasteiger partial charge in [0.05, 0.1) is 23.8 Å². The number of hydrogen-bond acceptors (Lipinski definition) is 4. The maximum atomic E-state index is 12.7. The van der Waals surface area contributed by atoms with Gasteiger partial charge in [0.2, 0.25) is 11.8 Å². The second-order valence-corrected chi connectivity index (χ2v) is 8.52. The van der Waals surface area contributed by atoms with E-state index in [1.807, 2.05) is 4.90 Å². The van der Waals surface area contributed by atoms with E-state index in [9.17, 15) is 14.4 Å². The summed E-state index contributed by atoms with van der Waals surface area (Å²) in [6, 6.07) is -0.138. The summed E-state index contributed by atoms with van der Waals surface area (Å²) in [4.78, 5) is 48.5. The second-order valence-electron chi connectivity index (χ2n) is 8.52. The molecule has 1 aliphatic carbocycles. The van der Waals surface area contributed by atoms with Gasteiger partial charge in [0.25, 0.3) is 5.56 Å². The number of fused-ring (bicyclic) bond motifs is 1. The summed E-state index contributed by atoms with van der Waals surface area (Å²) in [5.74, 6) is 1.28. The highest BCUT2D eigenvalue weighted by atomic mass is 16.2. The molecule has 3 aliphatic rings. The first-order valence-electron chi connectivity index (χ1n) is 10.7. The molecular formula is C21H30N4O3. The third-order valence-corrected chi connectivity index (χ3v) is 6.60. The summed E-state index contributed by atoms with van der Waals surface area (Å²) in [5, 5.41) is 0. The van der Waals surface area contributed by atoms with Gasteiger partial charge in [0, 0.05) is 32.9 Å². The average molecular weight is 386 g/mol. The van der Waals surface area contributed by atoms with Gasteiger partial charge in [-0.2, -0.15) is 0 Å². The maximum absolute atomic E-state index is 12.7. The van der Waals surface area contributed by atoms with Crippen LogP contribution in [-0.2, 0) is 22.6 Å². The molecule has 0 radical (unpaired) electrons. The second kappa shape index (κ2) is 8.05. The van der Waals surface area contributed by atoms with Crippen molar-refractivity contribution in [3.05, 3.63) is 27.4 Å². The number of H-pyrrole nitrogens is 1. The fourth-order valence-corrected chi connectivity index (χ4v) is 5.01. The molecule has 7 nitrogen and oxygen atoms in total. The first kappa shape index (κ1) is 19.2. The van der Waals surface area contributed by atoms with Crippen molar-refractivity contribution in [2.75, 3.05) is 13.1 Å². The van der Waals surface area contributed by atoms with Crippen LogP contribution in [0.25, 0.3) is 0 Å². The largest absolute Gasteiger partial charge is 0.338 e. The van der Waals surface area contributed by atoms with Gasteiger partial charge in [-0.15, -0.1) is 0 Å². The lowest BCUT2D eigenvalue weighted by Crippen LogP contribution is -2.41. The molecular weight excluding hydrogens is 356 g/mol. The van der Waals surface area contributed by atoms with Crippen molar-refractivity contribution in [1.29, 1.82) is 0 Å². The summed E-state index contributed by atoms with van der Waals surface area (Å²) in [6.07, 6.45) is 9.00. The minimum atomic E-state index is -0.162. The molecule has 3 heterocycles. The Morgan fingerprint density at radius 1 is 1.11 bits per heavy atom. The first-order chi connectivity index (χ1) is 13.5. The number of aromatic nitrogens is 2. The monoisotopic (exact) mass is 386 g/mol. The number of rotatable bonds is 3. The molecule has 2 fully saturated rings. The van der Waals surface area contributed by atoms with Crippen molar-refractivity contribution in [3.63, 3.8) is 0 Å². The van der Waals surface area contributed by atoms with Crippen LogP contribution in [0.2, 0.25) is 0 Å². The molecule has 0 unspecified atom stereocenters. The number of amides is 2. The molecule has 152 valence electrons. The number of hydrogen-bond donors (Lipinski definition) is 1. The van der Waals surface area contributed by atoms with Crippen LogP contribution in [-0.4, -0.2) is 44.7 Å². The lowest BCUT2D eigenvalue weighted by atomic mass is 9.86. The molecule has 7 heteroatoms. The summed E-state index contributed by atoms with van der Waals surface area (Å²) in [7, 11) is 0. The van der Waals surface area contributed by atoms with E-state index in [-0.39, 0.29) is 23.4 Å². The van der Waals surface area contributed by atoms with E-state index < -0.39 is 0 Å². The zero-order chi connectivity index (χ0) is 19.7. The number of nitrogens with one attached hydrogen (secondary N) is 1. The van der Waals surface area contributed by atoms with E-state index in [4.69, 9.17) is 4.98 Å². The van der Waals surface area contributed by atoms with Gasteiger partial charge in [-0.25, -0.2) is 4.98 Å². The Morgan fingerprint density at radius 2 is 1.89 bits per heavy atom. The van der Waals surface area contributed by atoms with Crippen molar-refractivity contribution in [2.45, 2.75) is 77.3 Å². The zero-order valence-electron chi connectivity index (χ0n) is 16.7. The van der Waals surface area contributed by atoms with Crippen molar-refractivity contribution >= 4 is 11.8 Å². The number of aromatic amines is 1. The van der Waals surface area contributed by atoms with E-state index in [1.165, 1.54) is 19.3 Å². The van der Waals surface area contributed by atoms with Gasteiger partial charge < -0.3 is 14.8 Å². The molecule has 1 atom stereocenters. The third kappa shape index (κ3) is 3.84. The smallest absolute Gasteiger partial charge is 0.256 e. The Hall–Kier alpha value is -2.18. The van der Waals surface area contributed by atoms with Gasteiger partial charge in [-0.1, -0.05) is 19.3 Å². The van der Waals surface area contributed by atoms with Crippen LogP contribution >= 0.6 is 0 Å². The molecule has 2 amide bonds. The highest BCUT2D eigenvalue weighted by Crippen LogP contribution is 2.31. The Labute approximate surface area is 165 Å². The molecule has 0 spiro atoms. The van der Waals surface area contributed by atoms with Gasteiger partial charge in [-0.3, -0.25) is 14.4 Å². The molecule has 1 aromatic heterocycles. The topological polar surface area (TPSA) is 86.4 Å². The normalized spacial score (nSPS) is 23.0. The molecule has 4 rings (SSSR count). The predicted molar refractivity (Wildman–Crippen MR) is 105 cm³/mol. The minimum absolute atomic E-state index is 0.0161. The van der Waals surface area contributed by atoms with Crippen LogP contribution in [0.3, 0.4) is 0 Å². The van der Waals surface area contributed by atoms with Crippen LogP contribution in [0.5, 0.6) is 0 Å². The van der Waals surface area contributed by atoms with Crippen LogP contribution in [0.4, 0.5) is 0 Å². The fourth-order valence-electron chi connectivity index (χ4n) is 5.01. The van der Waals surface area contributed by atoms with Crippen molar-refractivity contribution in [3.8, 4) is 0 Å². The molecule has 0 bridgehead atoms. The molecule has 1 saturated heterocycles. The van der Waals surface area contributed by atoms with E-state index in [2.05, 4.69) is 4.98 Å². The van der Waals surface area contributed by atoms with Crippen molar-refractivity contribution in [2.24, 2.45) is 5.92 Å². The van der Waals surface area contributed by atoms with Crippen LogP contribution in [0.15, 0.2) is 4.79 Å². The molecule has 1 N–H and O–H groups in total. The van der Waals surface area contributed by atoms with Crippen molar-refractivity contribution < 1.29 is 9.59 Å². The standard InChI is InChI=1S/C21H30N4O3/c1-14(26)25-10-5-8-18(25)20-22-17-9-11-24(13-16(17)21(28)23-20)19(27)12-15-6-3-2-4-7-15/h15,18H,2-13H2,1H3,(H,22,23,28)/t18-/m0/s1. The van der Waals surface area contributed by atoms with Gasteiger partial charge in [-0.05, 0) is 31.6 Å². The van der Waals surface area contributed by atoms with Crippen LogP contribution < -0.4 is 5.56 Å². The lowest BCUT2D eigenvalue weighted by molar-refractivity contribution is -0.133. The Balaban J connectivity index is 1.48. The minimum Gasteiger partial charge on any atom is -0.338 e. The van der Waals surface area contributed by atoms with Gasteiger partial charge >= 0.3 is 0 Å². The Morgan fingerprint density at radius 3 is 2.64 bits per heavy atom. The van der Waals surface area contributed by atoms with Crippen LogP contribution in [0.1, 0.15) is 81.4 Å². The van der Waals surface area contributed by atoms with Gasteiger partial charge in [0.1, 0.15) is 5.82 Å². The molecule has 0 aromatic carbocycles. The highest BCUT2D eigenvalue weighted by molar-refractivity contribution is 5.76. The summed E-state index contributed by atoms with van der Waals surface area (Å²) < 4.78 is 0. The summed E-state index contributed by atoms with van der Waals surface area (Å²) in [5.41, 5.74) is 1.24. The lowest BCUT2D eigenvalue weighted by Gasteiger charge is -2.31. The SMILES string of the molecule is CC(=O)N1CCC[C@H]1c1nc2c(c(=O)[nH]1)CN(C(=O)CC1CCCCC1)CC2. The molecule has 28 heavy (non-hydrogen) atoms. The number of likely N-dealkylation sites (tertiary alicyclic amines) is 1. The zero-order valence-corrected chi connectivity index (χ0v) is 16.7. The van der Waals surface area contributed by atoms with E-state index in [0.29, 0.717) is 49.8 Å². The maximum Gasteiger partial charge on any atom is 0.256 e. The van der Waals surface area contributed by atoms with Crippen molar-refractivity contribution in [1.82, 2.24) is 19.8 Å². The number of nitrogens with zero attached hydrogens (tertiary/aromatic N) is 3. The Kier molecular flexibility index (Phi) is 5.51. The molecule has 2 aliphatic heterocycles. The highest BCUT2D eigenvalue weighted by Gasteiger charge is 2.32. The average Bonchev–Trinajstić information content (AvgIpc) is 3.19. The Bertz CT molecular complexity index is 812. The van der Waals surface area contributed by atoms with Crippen LogP contribution in [0, 0.1) is 5.92 Å². The molecule has 1 aromatic rings. The quantitative estimate of drug-likeness (QED) is 0.864. The number of carbonyl (C=O) groups is 2. The fraction of sp³-hybridized carbons (Fsp3) is 0.714. The van der Waals surface area contributed by atoms with E-state index in [1.54, 1.807) is 11.8 Å². The summed E-state index contributed by atoms with van der Waals surface area (Å²) >= 11 is 0. The summed E-state index contributed by atoms with van der Waals surface area (Å²) in [6.45, 7) is 3.25. The van der Waals surface area contributed by atoms with Gasteiger partial charge in [0.15, 0.2) is 0 Å². The first-order valence-corrected chi connectivity index (χ1v) is 10.7. The van der Waals surface area contributed by atoms with E-state index >= 15 is 0 Å².